The van der Waals surface area contributed by atoms with Gasteiger partial charge >= 0.3 is 0 Å². The number of benzene rings is 2. The van der Waals surface area contributed by atoms with Crippen molar-refractivity contribution in [2.24, 2.45) is 0 Å². The number of anilines is 1. The van der Waals surface area contributed by atoms with Gasteiger partial charge in [-0.05, 0) is 23.8 Å². The van der Waals surface area contributed by atoms with E-state index in [1.165, 1.54) is 11.8 Å². The van der Waals surface area contributed by atoms with E-state index in [0.717, 1.165) is 20.9 Å². The van der Waals surface area contributed by atoms with Crippen LogP contribution in [0.3, 0.4) is 0 Å². The predicted octanol–water partition coefficient (Wildman–Crippen LogP) is 3.90. The Labute approximate surface area is 113 Å². The Bertz CT molecular complexity index is 556. The first kappa shape index (κ1) is 12.5. The maximum Gasteiger partial charge on any atom is 0.234 e. The zero-order chi connectivity index (χ0) is 12.3. The molecule has 0 saturated carbocycles. The van der Waals surface area contributed by atoms with Gasteiger partial charge in [0.15, 0.2) is 0 Å². The number of rotatable bonds is 3. The van der Waals surface area contributed by atoms with Crippen molar-refractivity contribution in [3.63, 3.8) is 0 Å². The van der Waals surface area contributed by atoms with Crippen LogP contribution in [0.2, 0.25) is 0 Å². The molecule has 0 aliphatic carbocycles. The second kappa shape index (κ2) is 5.56. The molecule has 2 rings (SSSR count). The number of amides is 1. The molecule has 0 atom stereocenters. The smallest absolute Gasteiger partial charge is 0.234 e. The number of hydrogen-bond acceptors (Lipinski definition) is 2. The topological polar surface area (TPSA) is 29.1 Å². The van der Waals surface area contributed by atoms with Crippen LogP contribution in [0.25, 0.3) is 10.8 Å². The average molecular weight is 310 g/mol. The third kappa shape index (κ3) is 2.82. The lowest BCUT2D eigenvalue weighted by Crippen LogP contribution is -2.13. The monoisotopic (exact) mass is 309 g/mol. The number of carbonyl (C=O) groups is 1. The van der Waals surface area contributed by atoms with Gasteiger partial charge in [0.25, 0.3) is 0 Å². The summed E-state index contributed by atoms with van der Waals surface area (Å²) in [6.07, 6.45) is 1.92. The van der Waals surface area contributed by atoms with Gasteiger partial charge in [-0.25, -0.2) is 0 Å². The van der Waals surface area contributed by atoms with Crippen molar-refractivity contribution < 1.29 is 4.79 Å². The van der Waals surface area contributed by atoms with Crippen LogP contribution in [0.15, 0.2) is 40.9 Å². The summed E-state index contributed by atoms with van der Waals surface area (Å²) in [6, 6.07) is 11.9. The minimum absolute atomic E-state index is 0.0324. The van der Waals surface area contributed by atoms with Crippen LogP contribution in [-0.4, -0.2) is 17.9 Å². The van der Waals surface area contributed by atoms with Crippen molar-refractivity contribution >= 4 is 50.1 Å². The predicted molar refractivity (Wildman–Crippen MR) is 78.7 cm³/mol. The Morgan fingerprint density at radius 2 is 1.94 bits per heavy atom. The van der Waals surface area contributed by atoms with Crippen LogP contribution < -0.4 is 5.32 Å². The molecule has 2 nitrogen and oxygen atoms in total. The highest BCUT2D eigenvalue weighted by atomic mass is 79.9. The molecule has 0 aliphatic rings. The molecular formula is C13H12BrNOS. The molecule has 0 bridgehead atoms. The Hall–Kier alpha value is -1.00. The molecule has 0 saturated heterocycles. The lowest BCUT2D eigenvalue weighted by atomic mass is 10.1. The molecule has 0 fully saturated rings. The maximum absolute atomic E-state index is 11.6. The summed E-state index contributed by atoms with van der Waals surface area (Å²) >= 11 is 5.03. The molecule has 2 aromatic carbocycles. The van der Waals surface area contributed by atoms with Crippen LogP contribution in [0.4, 0.5) is 5.69 Å². The van der Waals surface area contributed by atoms with Crippen LogP contribution in [-0.2, 0) is 4.79 Å². The van der Waals surface area contributed by atoms with Crippen LogP contribution >= 0.6 is 27.7 Å². The normalized spacial score (nSPS) is 10.5. The molecule has 1 amide bonds. The number of carbonyl (C=O) groups excluding carboxylic acids is 1. The maximum atomic E-state index is 11.6. The van der Waals surface area contributed by atoms with Gasteiger partial charge in [-0.3, -0.25) is 4.79 Å². The third-order valence-electron chi connectivity index (χ3n) is 2.42. The highest BCUT2D eigenvalue weighted by Gasteiger charge is 2.06. The van der Waals surface area contributed by atoms with Crippen molar-refractivity contribution in [1.29, 1.82) is 0 Å². The standard InChI is InChI=1S/C13H12BrNOS/c1-17-8-13(16)15-12-7-6-11(14)9-4-2-3-5-10(9)12/h2-7H,8H2,1H3,(H,15,16). The van der Waals surface area contributed by atoms with E-state index < -0.39 is 0 Å². The summed E-state index contributed by atoms with van der Waals surface area (Å²) in [5, 5.41) is 5.09. The molecule has 1 N–H and O–H groups in total. The highest BCUT2D eigenvalue weighted by Crippen LogP contribution is 2.29. The molecule has 4 heteroatoms. The van der Waals surface area contributed by atoms with E-state index in [0.29, 0.717) is 5.75 Å². The van der Waals surface area contributed by atoms with Crippen LogP contribution in [0.5, 0.6) is 0 Å². The first-order chi connectivity index (χ1) is 8.22. The highest BCUT2D eigenvalue weighted by molar-refractivity contribution is 9.10. The molecule has 88 valence electrons. The lowest BCUT2D eigenvalue weighted by Gasteiger charge is -2.09. The van der Waals surface area contributed by atoms with Crippen LogP contribution in [0, 0.1) is 0 Å². The van der Waals surface area contributed by atoms with E-state index in [1.807, 2.05) is 42.7 Å². The quantitative estimate of drug-likeness (QED) is 0.931. The second-order valence-electron chi connectivity index (χ2n) is 3.62. The molecule has 0 unspecified atom stereocenters. The number of fused-ring (bicyclic) bond motifs is 1. The van der Waals surface area contributed by atoms with Gasteiger partial charge in [0.2, 0.25) is 5.91 Å². The van der Waals surface area contributed by atoms with Gasteiger partial charge in [0.1, 0.15) is 0 Å². The summed E-state index contributed by atoms with van der Waals surface area (Å²) < 4.78 is 1.04. The average Bonchev–Trinajstić information content (AvgIpc) is 2.34. The van der Waals surface area contributed by atoms with E-state index in [4.69, 9.17) is 0 Å². The largest absolute Gasteiger partial charge is 0.325 e. The summed E-state index contributed by atoms with van der Waals surface area (Å²) in [5.41, 5.74) is 0.864. The van der Waals surface area contributed by atoms with Gasteiger partial charge in [0.05, 0.1) is 5.75 Å². The third-order valence-corrected chi connectivity index (χ3v) is 3.66. The summed E-state index contributed by atoms with van der Waals surface area (Å²) in [7, 11) is 0. The summed E-state index contributed by atoms with van der Waals surface area (Å²) in [5.74, 6) is 0.509. The Morgan fingerprint density at radius 3 is 2.65 bits per heavy atom. The minimum atomic E-state index is 0.0324. The van der Waals surface area contributed by atoms with Crippen LogP contribution in [0.1, 0.15) is 0 Å². The van der Waals surface area contributed by atoms with Gasteiger partial charge < -0.3 is 5.32 Å². The van der Waals surface area contributed by atoms with Gasteiger partial charge in [-0.1, -0.05) is 40.2 Å². The van der Waals surface area contributed by atoms with Gasteiger partial charge in [-0.2, -0.15) is 11.8 Å². The van der Waals surface area contributed by atoms with Gasteiger partial charge in [0, 0.05) is 15.5 Å². The number of thioether (sulfide) groups is 1. The molecule has 0 spiro atoms. The van der Waals surface area contributed by atoms with Crippen molar-refractivity contribution in [3.8, 4) is 0 Å². The fourth-order valence-corrected chi connectivity index (χ4v) is 2.50. The van der Waals surface area contributed by atoms with E-state index >= 15 is 0 Å². The van der Waals surface area contributed by atoms with Crippen molar-refractivity contribution in [2.75, 3.05) is 17.3 Å². The van der Waals surface area contributed by atoms with Gasteiger partial charge in [-0.15, -0.1) is 0 Å². The van der Waals surface area contributed by atoms with Crippen molar-refractivity contribution in [3.05, 3.63) is 40.9 Å². The molecule has 0 radical (unpaired) electrons. The zero-order valence-corrected chi connectivity index (χ0v) is 11.8. The summed E-state index contributed by atoms with van der Waals surface area (Å²) in [4.78, 5) is 11.6. The Morgan fingerprint density at radius 1 is 1.24 bits per heavy atom. The number of hydrogen-bond donors (Lipinski definition) is 1. The molecular weight excluding hydrogens is 298 g/mol. The first-order valence-electron chi connectivity index (χ1n) is 5.18. The number of halogens is 1. The summed E-state index contributed by atoms with van der Waals surface area (Å²) in [6.45, 7) is 0. The number of nitrogens with one attached hydrogen (secondary N) is 1. The van der Waals surface area contributed by atoms with E-state index in [1.54, 1.807) is 0 Å². The Kier molecular flexibility index (Phi) is 4.07. The Balaban J connectivity index is 2.41. The zero-order valence-electron chi connectivity index (χ0n) is 9.37. The molecule has 0 aliphatic heterocycles. The molecule has 0 aromatic heterocycles. The minimum Gasteiger partial charge on any atom is -0.325 e. The van der Waals surface area contributed by atoms with Crippen molar-refractivity contribution in [1.82, 2.24) is 0 Å². The first-order valence-corrected chi connectivity index (χ1v) is 7.37. The van der Waals surface area contributed by atoms with Crippen molar-refractivity contribution in [2.45, 2.75) is 0 Å². The fraction of sp³-hybridized carbons (Fsp3) is 0.154. The van der Waals surface area contributed by atoms with E-state index in [9.17, 15) is 4.79 Å². The SMILES string of the molecule is CSCC(=O)Nc1ccc(Br)c2ccccc12. The van der Waals surface area contributed by atoms with E-state index in [2.05, 4.69) is 21.2 Å². The second-order valence-corrected chi connectivity index (χ2v) is 5.34. The van der Waals surface area contributed by atoms with E-state index in [-0.39, 0.29) is 5.91 Å². The molecule has 2 aromatic rings. The fourth-order valence-electron chi connectivity index (χ4n) is 1.69. The lowest BCUT2D eigenvalue weighted by molar-refractivity contribution is -0.113. The molecule has 0 heterocycles. The molecule has 17 heavy (non-hydrogen) atoms.